The maximum atomic E-state index is 2.44. The number of benzene rings is 2. The van der Waals surface area contributed by atoms with Crippen LogP contribution in [0.15, 0.2) is 48.5 Å². The third-order valence-electron chi connectivity index (χ3n) is 5.93. The van der Waals surface area contributed by atoms with Crippen molar-refractivity contribution in [2.75, 3.05) is 0 Å². The van der Waals surface area contributed by atoms with Crippen molar-refractivity contribution in [2.45, 2.75) is 83.5 Å². The zero-order chi connectivity index (χ0) is 18.0. The van der Waals surface area contributed by atoms with Crippen molar-refractivity contribution in [3.8, 4) is 11.1 Å². The summed E-state index contributed by atoms with van der Waals surface area (Å²) in [5.74, 6) is 0.772. The Morgan fingerprint density at radius 3 is 1.92 bits per heavy atom. The van der Waals surface area contributed by atoms with E-state index in [1.165, 1.54) is 92.9 Å². The van der Waals surface area contributed by atoms with Crippen LogP contribution in [0.1, 0.15) is 88.2 Å². The molecule has 3 rings (SSSR count). The van der Waals surface area contributed by atoms with Crippen molar-refractivity contribution >= 4 is 0 Å². The van der Waals surface area contributed by atoms with E-state index in [9.17, 15) is 0 Å². The van der Waals surface area contributed by atoms with Gasteiger partial charge in [0.2, 0.25) is 0 Å². The van der Waals surface area contributed by atoms with Crippen molar-refractivity contribution in [3.63, 3.8) is 0 Å². The van der Waals surface area contributed by atoms with Gasteiger partial charge in [0.15, 0.2) is 0 Å². The number of aryl methyl sites for hydroxylation is 1. The zero-order valence-corrected chi connectivity index (χ0v) is 16.6. The summed E-state index contributed by atoms with van der Waals surface area (Å²) in [5.41, 5.74) is 5.71. The van der Waals surface area contributed by atoms with E-state index in [4.69, 9.17) is 0 Å². The van der Waals surface area contributed by atoms with E-state index in [0.29, 0.717) is 0 Å². The SMILES string of the molecule is CCCCCCCCc1ccc(-c2ccc(C3CC[CH]CC3)cc2)cc1. The molecule has 1 saturated carbocycles. The summed E-state index contributed by atoms with van der Waals surface area (Å²) in [4.78, 5) is 0. The summed E-state index contributed by atoms with van der Waals surface area (Å²) in [5, 5.41) is 0. The molecule has 1 fully saturated rings. The van der Waals surface area contributed by atoms with Gasteiger partial charge in [-0.2, -0.15) is 0 Å². The maximum absolute atomic E-state index is 2.44. The summed E-state index contributed by atoms with van der Waals surface area (Å²) in [7, 11) is 0. The Hall–Kier alpha value is -1.56. The van der Waals surface area contributed by atoms with Crippen molar-refractivity contribution in [2.24, 2.45) is 0 Å². The molecule has 0 unspecified atom stereocenters. The Morgan fingerprint density at radius 1 is 0.692 bits per heavy atom. The fourth-order valence-electron chi connectivity index (χ4n) is 4.18. The second kappa shape index (κ2) is 10.6. The number of rotatable bonds is 9. The van der Waals surface area contributed by atoms with Crippen LogP contribution in [0.2, 0.25) is 0 Å². The lowest BCUT2D eigenvalue weighted by Crippen LogP contribution is -2.04. The Balaban J connectivity index is 1.50. The molecule has 0 bridgehead atoms. The molecule has 1 aliphatic carbocycles. The molecule has 1 radical (unpaired) electrons. The van der Waals surface area contributed by atoms with E-state index in [1.807, 2.05) is 0 Å². The molecule has 0 heteroatoms. The van der Waals surface area contributed by atoms with Crippen LogP contribution in [0.4, 0.5) is 0 Å². The maximum Gasteiger partial charge on any atom is -0.0162 e. The lowest BCUT2D eigenvalue weighted by atomic mass is 9.83. The third-order valence-corrected chi connectivity index (χ3v) is 5.93. The molecule has 0 N–H and O–H groups in total. The highest BCUT2D eigenvalue weighted by Gasteiger charge is 2.15. The largest absolute Gasteiger partial charge is 0.0654 e. The van der Waals surface area contributed by atoms with Gasteiger partial charge >= 0.3 is 0 Å². The topological polar surface area (TPSA) is 0 Å². The van der Waals surface area contributed by atoms with Crippen LogP contribution in [0.5, 0.6) is 0 Å². The molecule has 0 heterocycles. The van der Waals surface area contributed by atoms with Gasteiger partial charge in [-0.3, -0.25) is 0 Å². The van der Waals surface area contributed by atoms with Crippen LogP contribution in [0.25, 0.3) is 11.1 Å². The molecular weight excluding hydrogens is 312 g/mol. The molecule has 1 aliphatic rings. The summed E-state index contributed by atoms with van der Waals surface area (Å²) in [6, 6.07) is 18.6. The molecule has 0 spiro atoms. The van der Waals surface area contributed by atoms with Gasteiger partial charge in [-0.25, -0.2) is 0 Å². The van der Waals surface area contributed by atoms with E-state index >= 15 is 0 Å². The van der Waals surface area contributed by atoms with Crippen molar-refractivity contribution in [3.05, 3.63) is 66.1 Å². The third kappa shape index (κ3) is 5.73. The second-order valence-electron chi connectivity index (χ2n) is 7.98. The highest BCUT2D eigenvalue weighted by molar-refractivity contribution is 5.64. The fourth-order valence-corrected chi connectivity index (χ4v) is 4.18. The van der Waals surface area contributed by atoms with Gasteiger partial charge in [0.05, 0.1) is 0 Å². The lowest BCUT2D eigenvalue weighted by Gasteiger charge is -2.22. The Kier molecular flexibility index (Phi) is 7.80. The Morgan fingerprint density at radius 2 is 1.27 bits per heavy atom. The van der Waals surface area contributed by atoms with Crippen molar-refractivity contribution in [1.29, 1.82) is 0 Å². The van der Waals surface area contributed by atoms with Crippen molar-refractivity contribution in [1.82, 2.24) is 0 Å². The predicted octanol–water partition coefficient (Wildman–Crippen LogP) is 8.12. The average Bonchev–Trinajstić information content (AvgIpc) is 2.72. The molecule has 2 aromatic rings. The van der Waals surface area contributed by atoms with Gasteiger partial charge in [0, 0.05) is 0 Å². The fraction of sp³-hybridized carbons (Fsp3) is 0.500. The second-order valence-corrected chi connectivity index (χ2v) is 7.98. The summed E-state index contributed by atoms with van der Waals surface area (Å²) < 4.78 is 0. The van der Waals surface area contributed by atoms with E-state index in [2.05, 4.69) is 61.9 Å². The first-order valence-electron chi connectivity index (χ1n) is 10.9. The van der Waals surface area contributed by atoms with Crippen LogP contribution in [-0.2, 0) is 6.42 Å². The van der Waals surface area contributed by atoms with E-state index in [1.54, 1.807) is 0 Å². The van der Waals surface area contributed by atoms with Crippen LogP contribution >= 0.6 is 0 Å². The summed E-state index contributed by atoms with van der Waals surface area (Å²) >= 11 is 0. The quantitative estimate of drug-likeness (QED) is 0.402. The monoisotopic (exact) mass is 347 g/mol. The molecule has 0 atom stereocenters. The minimum atomic E-state index is 0.772. The molecule has 0 nitrogen and oxygen atoms in total. The molecule has 0 amide bonds. The zero-order valence-electron chi connectivity index (χ0n) is 16.6. The Labute approximate surface area is 161 Å². The highest BCUT2D eigenvalue weighted by atomic mass is 14.2. The molecular formula is C26H35. The molecule has 26 heavy (non-hydrogen) atoms. The molecule has 139 valence electrons. The number of hydrogen-bond acceptors (Lipinski definition) is 0. The summed E-state index contributed by atoms with van der Waals surface area (Å²) in [6.45, 7) is 2.28. The van der Waals surface area contributed by atoms with Gasteiger partial charge in [-0.15, -0.1) is 0 Å². The average molecular weight is 348 g/mol. The molecule has 0 aromatic heterocycles. The smallest absolute Gasteiger partial charge is 0.0162 e. The standard InChI is InChI=1S/C26H35/c1-2-3-4-5-6-8-11-22-14-16-24(17-15-22)26-20-18-25(19-21-26)23-12-9-7-10-13-23/h7,14-21,23H,2-6,8-13H2,1H3. The lowest BCUT2D eigenvalue weighted by molar-refractivity contribution is 0.512. The van der Waals surface area contributed by atoms with Gasteiger partial charge in [0.1, 0.15) is 0 Å². The van der Waals surface area contributed by atoms with Gasteiger partial charge in [-0.1, -0.05) is 87.6 Å². The van der Waals surface area contributed by atoms with E-state index < -0.39 is 0 Å². The molecule has 0 aliphatic heterocycles. The first-order chi connectivity index (χ1) is 12.9. The van der Waals surface area contributed by atoms with E-state index in [-0.39, 0.29) is 0 Å². The van der Waals surface area contributed by atoms with Gasteiger partial charge in [-0.05, 0) is 73.1 Å². The van der Waals surface area contributed by atoms with Crippen LogP contribution in [0, 0.1) is 6.42 Å². The van der Waals surface area contributed by atoms with Gasteiger partial charge in [0.25, 0.3) is 0 Å². The van der Waals surface area contributed by atoms with Crippen molar-refractivity contribution < 1.29 is 0 Å². The minimum Gasteiger partial charge on any atom is -0.0654 e. The summed E-state index contributed by atoms with van der Waals surface area (Å²) in [6.07, 6.45) is 17.1. The van der Waals surface area contributed by atoms with E-state index in [0.717, 1.165) is 5.92 Å². The van der Waals surface area contributed by atoms with Crippen LogP contribution < -0.4 is 0 Å². The molecule has 0 saturated heterocycles. The van der Waals surface area contributed by atoms with Gasteiger partial charge < -0.3 is 0 Å². The minimum absolute atomic E-state index is 0.772. The number of unbranched alkanes of at least 4 members (excludes halogenated alkanes) is 5. The van der Waals surface area contributed by atoms with Crippen LogP contribution in [0.3, 0.4) is 0 Å². The predicted molar refractivity (Wildman–Crippen MR) is 114 cm³/mol. The highest BCUT2D eigenvalue weighted by Crippen LogP contribution is 2.33. The Bertz CT molecular complexity index is 614. The molecule has 2 aromatic carbocycles. The first kappa shape index (κ1) is 19.2. The number of hydrogen-bond donors (Lipinski definition) is 0. The first-order valence-corrected chi connectivity index (χ1v) is 10.9. The normalized spacial score (nSPS) is 15.3. The van der Waals surface area contributed by atoms with Crippen LogP contribution in [-0.4, -0.2) is 0 Å².